The molecule has 0 radical (unpaired) electrons. The van der Waals surface area contributed by atoms with Crippen LogP contribution >= 0.6 is 11.8 Å². The van der Waals surface area contributed by atoms with Crippen LogP contribution < -0.4 is 10.9 Å². The van der Waals surface area contributed by atoms with Crippen LogP contribution in [0.5, 0.6) is 0 Å². The zero-order valence-electron chi connectivity index (χ0n) is 11.1. The number of amides is 1. The number of aromatic amines is 1. The van der Waals surface area contributed by atoms with Crippen LogP contribution in [-0.4, -0.2) is 31.2 Å². The summed E-state index contributed by atoms with van der Waals surface area (Å²) >= 11 is 1.13. The molecule has 0 saturated heterocycles. The highest BCUT2D eigenvalue weighted by Gasteiger charge is 2.11. The minimum Gasteiger partial charge on any atom is -0.323 e. The first-order valence-electron chi connectivity index (χ1n) is 6.25. The molecule has 0 spiro atoms. The number of rotatable bonds is 4. The van der Waals surface area contributed by atoms with Crippen LogP contribution in [0.15, 0.2) is 46.5 Å². The average molecular weight is 319 g/mol. The molecule has 1 amide bonds. The van der Waals surface area contributed by atoms with Gasteiger partial charge in [0.1, 0.15) is 5.82 Å². The van der Waals surface area contributed by atoms with Gasteiger partial charge >= 0.3 is 0 Å². The second kappa shape index (κ2) is 5.98. The third-order valence-corrected chi connectivity index (χ3v) is 3.70. The van der Waals surface area contributed by atoms with Gasteiger partial charge in [-0.15, -0.1) is 10.2 Å². The van der Waals surface area contributed by atoms with Crippen molar-refractivity contribution in [3.8, 4) is 0 Å². The highest BCUT2D eigenvalue weighted by molar-refractivity contribution is 7.99. The van der Waals surface area contributed by atoms with Gasteiger partial charge in [-0.05, 0) is 12.1 Å². The molecule has 0 fully saturated rings. The van der Waals surface area contributed by atoms with E-state index in [1.807, 2.05) is 0 Å². The van der Waals surface area contributed by atoms with E-state index in [0.717, 1.165) is 11.8 Å². The average Bonchev–Trinajstić information content (AvgIpc) is 2.89. The number of carbonyl (C=O) groups is 1. The number of thioether (sulfide) groups is 1. The molecule has 7 nitrogen and oxygen atoms in total. The van der Waals surface area contributed by atoms with E-state index < -0.39 is 5.82 Å². The maximum Gasteiger partial charge on any atom is 0.252 e. The van der Waals surface area contributed by atoms with Crippen molar-refractivity contribution in [2.24, 2.45) is 0 Å². The molecule has 2 N–H and O–H groups in total. The topological polar surface area (TPSA) is 92.2 Å². The van der Waals surface area contributed by atoms with E-state index in [4.69, 9.17) is 0 Å². The van der Waals surface area contributed by atoms with Crippen LogP contribution in [0.4, 0.5) is 10.1 Å². The number of nitrogens with one attached hydrogen (secondary N) is 2. The SMILES string of the molecule is O=C(CSc1nnc2[nH]c(=O)ccn12)Nc1ccccc1F. The minimum atomic E-state index is -0.494. The maximum atomic E-state index is 13.4. The van der Waals surface area contributed by atoms with Crippen molar-refractivity contribution in [3.05, 3.63) is 52.7 Å². The lowest BCUT2D eigenvalue weighted by atomic mass is 10.3. The fourth-order valence-corrected chi connectivity index (χ4v) is 2.49. The van der Waals surface area contributed by atoms with Crippen LogP contribution in [0.1, 0.15) is 0 Å². The van der Waals surface area contributed by atoms with Gasteiger partial charge in [-0.1, -0.05) is 23.9 Å². The Morgan fingerprint density at radius 1 is 1.32 bits per heavy atom. The van der Waals surface area contributed by atoms with Crippen molar-refractivity contribution in [2.45, 2.75) is 5.16 Å². The van der Waals surface area contributed by atoms with Crippen LogP contribution in [0.3, 0.4) is 0 Å². The maximum absolute atomic E-state index is 13.4. The lowest BCUT2D eigenvalue weighted by Gasteiger charge is -2.05. The molecule has 0 aliphatic carbocycles. The molecule has 3 rings (SSSR count). The van der Waals surface area contributed by atoms with E-state index in [1.54, 1.807) is 16.5 Å². The summed E-state index contributed by atoms with van der Waals surface area (Å²) in [5.74, 6) is -0.527. The molecule has 3 aromatic rings. The number of H-pyrrole nitrogens is 1. The van der Waals surface area contributed by atoms with E-state index in [9.17, 15) is 14.0 Å². The van der Waals surface area contributed by atoms with Gasteiger partial charge in [0.05, 0.1) is 11.4 Å². The molecular formula is C13H10FN5O2S. The van der Waals surface area contributed by atoms with E-state index in [-0.39, 0.29) is 22.9 Å². The number of anilines is 1. The third-order valence-electron chi connectivity index (χ3n) is 2.75. The number of para-hydroxylation sites is 1. The Labute approximate surface area is 127 Å². The molecule has 0 bridgehead atoms. The second-order valence-electron chi connectivity index (χ2n) is 4.30. The minimum absolute atomic E-state index is 0.0360. The number of carbonyl (C=O) groups excluding carboxylic acids is 1. The lowest BCUT2D eigenvalue weighted by molar-refractivity contribution is -0.113. The molecule has 22 heavy (non-hydrogen) atoms. The van der Waals surface area contributed by atoms with Crippen molar-refractivity contribution in [1.29, 1.82) is 0 Å². The smallest absolute Gasteiger partial charge is 0.252 e. The van der Waals surface area contributed by atoms with Gasteiger partial charge in [-0.2, -0.15) is 0 Å². The van der Waals surface area contributed by atoms with Crippen molar-refractivity contribution in [2.75, 3.05) is 11.1 Å². The zero-order valence-corrected chi connectivity index (χ0v) is 11.9. The third kappa shape index (κ3) is 2.98. The fourth-order valence-electron chi connectivity index (χ4n) is 1.77. The summed E-state index contributed by atoms with van der Waals surface area (Å²) in [6, 6.07) is 7.26. The van der Waals surface area contributed by atoms with Crippen molar-refractivity contribution < 1.29 is 9.18 Å². The van der Waals surface area contributed by atoms with Crippen molar-refractivity contribution in [1.82, 2.24) is 19.6 Å². The molecule has 0 atom stereocenters. The van der Waals surface area contributed by atoms with Gasteiger partial charge in [-0.25, -0.2) is 4.39 Å². The van der Waals surface area contributed by atoms with E-state index >= 15 is 0 Å². The molecule has 112 valence electrons. The highest BCUT2D eigenvalue weighted by Crippen LogP contribution is 2.17. The lowest BCUT2D eigenvalue weighted by Crippen LogP contribution is -2.15. The number of hydrogen-bond acceptors (Lipinski definition) is 5. The molecule has 0 aliphatic rings. The quantitative estimate of drug-likeness (QED) is 0.707. The van der Waals surface area contributed by atoms with Gasteiger partial charge in [0.15, 0.2) is 5.16 Å². The summed E-state index contributed by atoms with van der Waals surface area (Å²) in [7, 11) is 0. The first-order chi connectivity index (χ1) is 10.6. The summed E-state index contributed by atoms with van der Waals surface area (Å²) in [5.41, 5.74) is -0.155. The molecule has 9 heteroatoms. The molecule has 2 heterocycles. The van der Waals surface area contributed by atoms with Crippen molar-refractivity contribution in [3.63, 3.8) is 0 Å². The number of nitrogens with zero attached hydrogens (tertiary/aromatic N) is 3. The van der Waals surface area contributed by atoms with Gasteiger partial charge < -0.3 is 5.32 Å². The van der Waals surface area contributed by atoms with Crippen LogP contribution in [0.2, 0.25) is 0 Å². The Morgan fingerprint density at radius 3 is 2.95 bits per heavy atom. The number of benzene rings is 1. The number of aromatic nitrogens is 4. The predicted molar refractivity (Wildman–Crippen MR) is 79.4 cm³/mol. The monoisotopic (exact) mass is 319 g/mol. The molecule has 1 aromatic carbocycles. The van der Waals surface area contributed by atoms with E-state index in [1.165, 1.54) is 24.4 Å². The predicted octanol–water partition coefficient (Wildman–Crippen LogP) is 1.29. The van der Waals surface area contributed by atoms with Crippen LogP contribution in [0, 0.1) is 5.82 Å². The largest absolute Gasteiger partial charge is 0.323 e. The normalized spacial score (nSPS) is 10.8. The van der Waals surface area contributed by atoms with Crippen molar-refractivity contribution >= 4 is 29.1 Å². The summed E-state index contributed by atoms with van der Waals surface area (Å²) in [6.07, 6.45) is 1.52. The van der Waals surface area contributed by atoms with Gasteiger partial charge in [0.2, 0.25) is 11.7 Å². The van der Waals surface area contributed by atoms with Gasteiger partial charge in [0, 0.05) is 12.3 Å². The van der Waals surface area contributed by atoms with Crippen LogP contribution in [0.25, 0.3) is 5.78 Å². The van der Waals surface area contributed by atoms with E-state index in [2.05, 4.69) is 20.5 Å². The Bertz CT molecular complexity index is 891. The Balaban J connectivity index is 1.68. The molecule has 0 unspecified atom stereocenters. The summed E-state index contributed by atoms with van der Waals surface area (Å²) in [4.78, 5) is 25.5. The summed E-state index contributed by atoms with van der Waals surface area (Å²) < 4.78 is 15.0. The molecule has 0 saturated carbocycles. The Kier molecular flexibility index (Phi) is 3.88. The van der Waals surface area contributed by atoms with Crippen LogP contribution in [-0.2, 0) is 4.79 Å². The van der Waals surface area contributed by atoms with E-state index in [0.29, 0.717) is 10.9 Å². The number of hydrogen-bond donors (Lipinski definition) is 2. The Morgan fingerprint density at radius 2 is 2.14 bits per heavy atom. The number of fused-ring (bicyclic) bond motifs is 1. The second-order valence-corrected chi connectivity index (χ2v) is 5.24. The van der Waals surface area contributed by atoms with Gasteiger partial charge in [0.25, 0.3) is 5.56 Å². The standard InChI is InChI=1S/C13H10FN5O2S/c14-8-3-1-2-4-9(8)15-11(21)7-22-13-18-17-12-16-10(20)5-6-19(12)13/h1-6H,7H2,(H,15,21)(H,16,17,20). The molecule has 0 aliphatic heterocycles. The number of halogens is 1. The Hall–Kier alpha value is -2.68. The molecule has 2 aromatic heterocycles. The zero-order chi connectivity index (χ0) is 15.5. The first-order valence-corrected chi connectivity index (χ1v) is 7.23. The summed E-state index contributed by atoms with van der Waals surface area (Å²) in [5, 5.41) is 10.6. The first kappa shape index (κ1) is 14.3. The van der Waals surface area contributed by atoms with Gasteiger partial charge in [-0.3, -0.25) is 19.0 Å². The summed E-state index contributed by atoms with van der Waals surface area (Å²) in [6.45, 7) is 0. The highest BCUT2D eigenvalue weighted by atomic mass is 32.2. The fraction of sp³-hybridized carbons (Fsp3) is 0.0769. The molecular weight excluding hydrogens is 309 g/mol.